The number of nitrogens with one attached hydrogen (secondary N) is 1. The average molecular weight is 291 g/mol. The smallest absolute Gasteiger partial charge is 0.194 e. The van der Waals surface area contributed by atoms with Gasteiger partial charge >= 0.3 is 0 Å². The molecule has 0 atom stereocenters. The standard InChI is InChI=1S/C16H25N3S/c1-12-10-20-15-18-13(2)14(19(12)15)9-17-11-16(3)7-5-4-6-8-16/h10,17H,4-9,11H2,1-3H3. The molecule has 20 heavy (non-hydrogen) atoms. The molecule has 110 valence electrons. The summed E-state index contributed by atoms with van der Waals surface area (Å²) >= 11 is 1.73. The summed E-state index contributed by atoms with van der Waals surface area (Å²) in [5.41, 5.74) is 4.30. The van der Waals surface area contributed by atoms with Crippen molar-refractivity contribution in [3.8, 4) is 0 Å². The van der Waals surface area contributed by atoms with E-state index in [-0.39, 0.29) is 0 Å². The third-order valence-electron chi connectivity index (χ3n) is 4.73. The molecule has 1 N–H and O–H groups in total. The Balaban J connectivity index is 1.67. The highest BCUT2D eigenvalue weighted by Crippen LogP contribution is 2.35. The highest BCUT2D eigenvalue weighted by Gasteiger charge is 2.26. The first-order valence-corrected chi connectivity index (χ1v) is 8.60. The summed E-state index contributed by atoms with van der Waals surface area (Å²) in [6, 6.07) is 0. The number of fused-ring (bicyclic) bond motifs is 1. The van der Waals surface area contributed by atoms with Crippen molar-refractivity contribution in [2.45, 2.75) is 59.4 Å². The number of rotatable bonds is 4. The van der Waals surface area contributed by atoms with Crippen LogP contribution in [0.15, 0.2) is 5.38 Å². The topological polar surface area (TPSA) is 29.3 Å². The van der Waals surface area contributed by atoms with Crippen molar-refractivity contribution in [2.24, 2.45) is 5.41 Å². The zero-order chi connectivity index (χ0) is 14.2. The van der Waals surface area contributed by atoms with E-state index in [9.17, 15) is 0 Å². The Bertz CT molecular complexity index is 590. The molecule has 2 heterocycles. The Morgan fingerprint density at radius 2 is 2.05 bits per heavy atom. The van der Waals surface area contributed by atoms with Gasteiger partial charge in [0.2, 0.25) is 0 Å². The maximum absolute atomic E-state index is 4.66. The summed E-state index contributed by atoms with van der Waals surface area (Å²) in [6.45, 7) is 8.78. The molecule has 1 fully saturated rings. The first-order valence-electron chi connectivity index (χ1n) is 7.72. The van der Waals surface area contributed by atoms with Gasteiger partial charge in [-0.2, -0.15) is 0 Å². The molecule has 1 aliphatic carbocycles. The SMILES string of the molecule is Cc1nc2scc(C)n2c1CNCC1(C)CCCCC1. The van der Waals surface area contributed by atoms with Gasteiger partial charge < -0.3 is 5.32 Å². The molecule has 2 aromatic heterocycles. The molecule has 0 unspecified atom stereocenters. The normalized spacial score (nSPS) is 18.8. The Kier molecular flexibility index (Phi) is 3.87. The Hall–Kier alpha value is -0.870. The van der Waals surface area contributed by atoms with Gasteiger partial charge in [-0.25, -0.2) is 4.98 Å². The van der Waals surface area contributed by atoms with Crippen molar-refractivity contribution in [3.05, 3.63) is 22.5 Å². The minimum atomic E-state index is 0.500. The van der Waals surface area contributed by atoms with Gasteiger partial charge in [-0.3, -0.25) is 4.40 Å². The quantitative estimate of drug-likeness (QED) is 0.920. The van der Waals surface area contributed by atoms with Crippen molar-refractivity contribution in [2.75, 3.05) is 6.54 Å². The molecule has 4 heteroatoms. The van der Waals surface area contributed by atoms with Crippen LogP contribution in [0.3, 0.4) is 0 Å². The summed E-state index contributed by atoms with van der Waals surface area (Å²) in [4.78, 5) is 5.78. The summed E-state index contributed by atoms with van der Waals surface area (Å²) in [5.74, 6) is 0. The van der Waals surface area contributed by atoms with E-state index in [0.29, 0.717) is 5.41 Å². The van der Waals surface area contributed by atoms with E-state index in [1.807, 2.05) is 0 Å². The lowest BCUT2D eigenvalue weighted by Crippen LogP contribution is -2.33. The maximum Gasteiger partial charge on any atom is 0.194 e. The fourth-order valence-electron chi connectivity index (χ4n) is 3.44. The van der Waals surface area contributed by atoms with Crippen LogP contribution in [0.5, 0.6) is 0 Å². The molecule has 1 aliphatic rings. The second-order valence-corrected chi connectivity index (χ2v) is 7.45. The number of aryl methyl sites for hydroxylation is 2. The zero-order valence-corrected chi connectivity index (χ0v) is 13.6. The van der Waals surface area contributed by atoms with Crippen LogP contribution in [-0.4, -0.2) is 15.9 Å². The Morgan fingerprint density at radius 3 is 2.80 bits per heavy atom. The molecule has 0 saturated heterocycles. The highest BCUT2D eigenvalue weighted by molar-refractivity contribution is 7.15. The molecule has 3 nitrogen and oxygen atoms in total. The van der Waals surface area contributed by atoms with Crippen LogP contribution < -0.4 is 5.32 Å². The number of thiazole rings is 1. The number of aromatic nitrogens is 2. The van der Waals surface area contributed by atoms with Crippen LogP contribution in [0.1, 0.15) is 56.1 Å². The summed E-state index contributed by atoms with van der Waals surface area (Å²) in [5, 5.41) is 5.88. The van der Waals surface area contributed by atoms with Crippen molar-refractivity contribution < 1.29 is 0 Å². The lowest BCUT2D eigenvalue weighted by Gasteiger charge is -2.33. The average Bonchev–Trinajstić information content (AvgIpc) is 2.91. The summed E-state index contributed by atoms with van der Waals surface area (Å²) in [6.07, 6.45) is 6.97. The second kappa shape index (κ2) is 5.49. The number of imidazole rings is 1. The lowest BCUT2D eigenvalue weighted by atomic mass is 9.76. The first kappa shape index (κ1) is 14.1. The van der Waals surface area contributed by atoms with E-state index in [2.05, 4.69) is 40.9 Å². The van der Waals surface area contributed by atoms with E-state index in [4.69, 9.17) is 0 Å². The van der Waals surface area contributed by atoms with Crippen LogP contribution in [0.2, 0.25) is 0 Å². The van der Waals surface area contributed by atoms with E-state index in [1.54, 1.807) is 11.3 Å². The molecule has 0 amide bonds. The number of hydrogen-bond donors (Lipinski definition) is 1. The van der Waals surface area contributed by atoms with E-state index < -0.39 is 0 Å². The van der Waals surface area contributed by atoms with Crippen molar-refractivity contribution >= 4 is 16.3 Å². The van der Waals surface area contributed by atoms with Gasteiger partial charge in [-0.05, 0) is 32.1 Å². The van der Waals surface area contributed by atoms with Gasteiger partial charge in [-0.1, -0.05) is 26.2 Å². The molecule has 0 aromatic carbocycles. The van der Waals surface area contributed by atoms with Gasteiger partial charge in [0.05, 0.1) is 11.4 Å². The molecule has 0 bridgehead atoms. The van der Waals surface area contributed by atoms with Crippen molar-refractivity contribution in [1.82, 2.24) is 14.7 Å². The van der Waals surface area contributed by atoms with E-state index >= 15 is 0 Å². The number of nitrogens with zero attached hydrogens (tertiary/aromatic N) is 2. The summed E-state index contributed by atoms with van der Waals surface area (Å²) in [7, 11) is 0. The molecule has 0 spiro atoms. The molecule has 3 rings (SSSR count). The van der Waals surface area contributed by atoms with Crippen LogP contribution >= 0.6 is 11.3 Å². The third kappa shape index (κ3) is 2.63. The Morgan fingerprint density at radius 1 is 1.30 bits per heavy atom. The molecule has 0 aliphatic heterocycles. The highest BCUT2D eigenvalue weighted by atomic mass is 32.1. The third-order valence-corrected chi connectivity index (χ3v) is 5.68. The van der Waals surface area contributed by atoms with Gasteiger partial charge in [0.1, 0.15) is 0 Å². The second-order valence-electron chi connectivity index (χ2n) is 6.61. The van der Waals surface area contributed by atoms with E-state index in [0.717, 1.165) is 18.1 Å². The predicted octanol–water partition coefficient (Wildman–Crippen LogP) is 4.07. The van der Waals surface area contributed by atoms with Crippen LogP contribution in [0, 0.1) is 19.3 Å². The van der Waals surface area contributed by atoms with Crippen molar-refractivity contribution in [3.63, 3.8) is 0 Å². The predicted molar refractivity (Wildman–Crippen MR) is 85.4 cm³/mol. The first-order chi connectivity index (χ1) is 9.59. The van der Waals surface area contributed by atoms with Crippen molar-refractivity contribution in [1.29, 1.82) is 0 Å². The molecular formula is C16H25N3S. The van der Waals surface area contributed by atoms with Gasteiger partial charge in [0.25, 0.3) is 0 Å². The van der Waals surface area contributed by atoms with Gasteiger partial charge in [0, 0.05) is 24.2 Å². The van der Waals surface area contributed by atoms with Crippen LogP contribution in [0.4, 0.5) is 0 Å². The zero-order valence-electron chi connectivity index (χ0n) is 12.8. The van der Waals surface area contributed by atoms with Gasteiger partial charge in [-0.15, -0.1) is 11.3 Å². The fraction of sp³-hybridized carbons (Fsp3) is 0.688. The van der Waals surface area contributed by atoms with Crippen LogP contribution in [-0.2, 0) is 6.54 Å². The molecule has 0 radical (unpaired) electrons. The van der Waals surface area contributed by atoms with Gasteiger partial charge in [0.15, 0.2) is 4.96 Å². The monoisotopic (exact) mass is 291 g/mol. The minimum Gasteiger partial charge on any atom is -0.311 e. The number of hydrogen-bond acceptors (Lipinski definition) is 3. The summed E-state index contributed by atoms with van der Waals surface area (Å²) < 4.78 is 2.30. The molecule has 1 saturated carbocycles. The fourth-order valence-corrected chi connectivity index (χ4v) is 4.37. The minimum absolute atomic E-state index is 0.500. The van der Waals surface area contributed by atoms with E-state index in [1.165, 1.54) is 49.2 Å². The van der Waals surface area contributed by atoms with Crippen LogP contribution in [0.25, 0.3) is 4.96 Å². The lowest BCUT2D eigenvalue weighted by molar-refractivity contribution is 0.207. The largest absolute Gasteiger partial charge is 0.311 e. The molecule has 2 aromatic rings. The molecular weight excluding hydrogens is 266 g/mol. The maximum atomic E-state index is 4.66. The Labute approximate surface area is 125 Å².